The third kappa shape index (κ3) is 3.30. The van der Waals surface area contributed by atoms with Crippen LogP contribution in [0, 0.1) is 6.92 Å². The molecule has 1 heterocycles. The summed E-state index contributed by atoms with van der Waals surface area (Å²) in [6, 6.07) is 10.0. The van der Waals surface area contributed by atoms with Crippen molar-refractivity contribution in [1.29, 1.82) is 0 Å². The lowest BCUT2D eigenvalue weighted by Crippen LogP contribution is -2.15. The zero-order valence-electron chi connectivity index (χ0n) is 11.7. The van der Waals surface area contributed by atoms with E-state index < -0.39 is 0 Å². The maximum atomic E-state index is 5.86. The Morgan fingerprint density at radius 2 is 1.86 bits per heavy atom. The van der Waals surface area contributed by atoms with Crippen LogP contribution in [0.4, 0.5) is 5.69 Å². The van der Waals surface area contributed by atoms with Gasteiger partial charge in [0.25, 0.3) is 0 Å². The number of hydrogen-bond donors (Lipinski definition) is 1. The van der Waals surface area contributed by atoms with E-state index in [-0.39, 0.29) is 0 Å². The van der Waals surface area contributed by atoms with Crippen molar-refractivity contribution in [3.05, 3.63) is 45.9 Å². The van der Waals surface area contributed by atoms with Crippen LogP contribution in [0.5, 0.6) is 11.5 Å². The van der Waals surface area contributed by atoms with Gasteiger partial charge in [-0.1, -0.05) is 22.0 Å². The first-order valence-electron chi connectivity index (χ1n) is 6.70. The molecule has 3 rings (SSSR count). The number of ether oxygens (including phenoxy) is 2. The summed E-state index contributed by atoms with van der Waals surface area (Å²) in [7, 11) is 0. The van der Waals surface area contributed by atoms with E-state index in [1.54, 1.807) is 11.8 Å². The molecule has 0 atom stereocenters. The lowest BCUT2D eigenvalue weighted by Gasteiger charge is -2.20. The number of aryl methyl sites for hydroxylation is 1. The van der Waals surface area contributed by atoms with Crippen LogP contribution >= 0.6 is 27.7 Å². The Labute approximate surface area is 137 Å². The van der Waals surface area contributed by atoms with Crippen LogP contribution in [0.25, 0.3) is 0 Å². The van der Waals surface area contributed by atoms with Crippen molar-refractivity contribution in [2.24, 2.45) is 0 Å². The highest BCUT2D eigenvalue weighted by molar-refractivity contribution is 9.10. The zero-order chi connectivity index (χ0) is 14.8. The fraction of sp³-hybridized carbons (Fsp3) is 0.250. The minimum absolute atomic E-state index is 0.607. The lowest BCUT2D eigenvalue weighted by molar-refractivity contribution is 0.171. The van der Waals surface area contributed by atoms with Crippen molar-refractivity contribution < 1.29 is 9.47 Å². The standard InChI is InChI=1S/C16H16BrNO2S/c1-10-2-3-12(18)7-16(10)21-9-11-6-14-15(8-13(11)17)20-5-4-19-14/h2-3,6-8H,4-5,9,18H2,1H3. The molecule has 0 bridgehead atoms. The van der Waals surface area contributed by atoms with Gasteiger partial charge in [-0.3, -0.25) is 0 Å². The first kappa shape index (κ1) is 14.6. The van der Waals surface area contributed by atoms with Gasteiger partial charge in [-0.2, -0.15) is 0 Å². The highest BCUT2D eigenvalue weighted by atomic mass is 79.9. The third-order valence-electron chi connectivity index (χ3n) is 3.31. The number of nitrogen functional groups attached to an aromatic ring is 1. The molecule has 2 N–H and O–H groups in total. The van der Waals surface area contributed by atoms with E-state index in [9.17, 15) is 0 Å². The molecule has 1 aliphatic rings. The van der Waals surface area contributed by atoms with Crippen LogP contribution < -0.4 is 15.2 Å². The van der Waals surface area contributed by atoms with Crippen molar-refractivity contribution in [1.82, 2.24) is 0 Å². The molecule has 0 aromatic heterocycles. The SMILES string of the molecule is Cc1ccc(N)cc1SCc1cc2c(cc1Br)OCCO2. The number of anilines is 1. The Morgan fingerprint density at radius 3 is 2.62 bits per heavy atom. The quantitative estimate of drug-likeness (QED) is 0.646. The van der Waals surface area contributed by atoms with Crippen molar-refractivity contribution in [3.63, 3.8) is 0 Å². The largest absolute Gasteiger partial charge is 0.486 e. The zero-order valence-corrected chi connectivity index (χ0v) is 14.1. The van der Waals surface area contributed by atoms with Crippen molar-refractivity contribution in [2.45, 2.75) is 17.6 Å². The Hall–Kier alpha value is -1.33. The van der Waals surface area contributed by atoms with Gasteiger partial charge in [0.05, 0.1) is 0 Å². The normalized spacial score (nSPS) is 13.2. The van der Waals surface area contributed by atoms with E-state index in [0.29, 0.717) is 13.2 Å². The summed E-state index contributed by atoms with van der Waals surface area (Å²) in [6.45, 7) is 3.31. The van der Waals surface area contributed by atoms with Crippen LogP contribution in [0.3, 0.4) is 0 Å². The van der Waals surface area contributed by atoms with Crippen molar-refractivity contribution >= 4 is 33.4 Å². The van der Waals surface area contributed by atoms with E-state index in [2.05, 4.69) is 28.9 Å². The molecule has 3 nitrogen and oxygen atoms in total. The van der Waals surface area contributed by atoms with Gasteiger partial charge < -0.3 is 15.2 Å². The van der Waals surface area contributed by atoms with Gasteiger partial charge in [0.15, 0.2) is 11.5 Å². The second-order valence-corrected chi connectivity index (χ2v) is 6.77. The van der Waals surface area contributed by atoms with E-state index in [0.717, 1.165) is 27.4 Å². The van der Waals surface area contributed by atoms with E-state index >= 15 is 0 Å². The molecule has 21 heavy (non-hydrogen) atoms. The summed E-state index contributed by atoms with van der Waals surface area (Å²) >= 11 is 5.38. The van der Waals surface area contributed by atoms with Gasteiger partial charge in [-0.05, 0) is 42.3 Å². The molecule has 0 radical (unpaired) electrons. The Morgan fingerprint density at radius 1 is 1.14 bits per heavy atom. The molecule has 2 aromatic rings. The first-order valence-corrected chi connectivity index (χ1v) is 8.48. The molecule has 110 valence electrons. The topological polar surface area (TPSA) is 44.5 Å². The average molecular weight is 366 g/mol. The fourth-order valence-electron chi connectivity index (χ4n) is 2.14. The summed E-state index contributed by atoms with van der Waals surface area (Å²) in [5.74, 6) is 2.48. The summed E-state index contributed by atoms with van der Waals surface area (Å²) in [5.41, 5.74) is 9.08. The molecule has 2 aromatic carbocycles. The highest BCUT2D eigenvalue weighted by Gasteiger charge is 2.15. The number of thioether (sulfide) groups is 1. The predicted octanol–water partition coefficient (Wildman–Crippen LogP) is 4.40. The molecule has 5 heteroatoms. The number of halogens is 1. The Balaban J connectivity index is 1.80. The summed E-state index contributed by atoms with van der Waals surface area (Å²) in [6.07, 6.45) is 0. The number of nitrogens with two attached hydrogens (primary N) is 1. The minimum Gasteiger partial charge on any atom is -0.486 e. The number of benzene rings is 2. The Bertz CT molecular complexity index is 676. The lowest BCUT2D eigenvalue weighted by atomic mass is 10.2. The molecule has 0 saturated heterocycles. The number of rotatable bonds is 3. The number of fused-ring (bicyclic) bond motifs is 1. The Kier molecular flexibility index (Phi) is 4.31. The second-order valence-electron chi connectivity index (χ2n) is 4.90. The van der Waals surface area contributed by atoms with E-state index in [4.69, 9.17) is 15.2 Å². The smallest absolute Gasteiger partial charge is 0.162 e. The van der Waals surface area contributed by atoms with Crippen LogP contribution in [0.1, 0.15) is 11.1 Å². The minimum atomic E-state index is 0.607. The fourth-order valence-corrected chi connectivity index (χ4v) is 3.86. The van der Waals surface area contributed by atoms with Gasteiger partial charge in [-0.25, -0.2) is 0 Å². The summed E-state index contributed by atoms with van der Waals surface area (Å²) in [5, 5.41) is 0. The van der Waals surface area contributed by atoms with Gasteiger partial charge in [0, 0.05) is 20.8 Å². The summed E-state index contributed by atoms with van der Waals surface area (Å²) < 4.78 is 12.3. The van der Waals surface area contributed by atoms with E-state index in [1.807, 2.05) is 24.3 Å². The van der Waals surface area contributed by atoms with Gasteiger partial charge >= 0.3 is 0 Å². The van der Waals surface area contributed by atoms with Crippen LogP contribution in [-0.2, 0) is 5.75 Å². The molecule has 0 saturated carbocycles. The van der Waals surface area contributed by atoms with Crippen LogP contribution in [0.2, 0.25) is 0 Å². The third-order valence-corrected chi connectivity index (χ3v) is 5.25. The number of hydrogen-bond acceptors (Lipinski definition) is 4. The van der Waals surface area contributed by atoms with Crippen LogP contribution in [-0.4, -0.2) is 13.2 Å². The van der Waals surface area contributed by atoms with Gasteiger partial charge in [0.1, 0.15) is 13.2 Å². The molecule has 0 aliphatic carbocycles. The maximum Gasteiger partial charge on any atom is 0.162 e. The predicted molar refractivity (Wildman–Crippen MR) is 90.3 cm³/mol. The molecular weight excluding hydrogens is 350 g/mol. The molecule has 0 fully saturated rings. The second kappa shape index (κ2) is 6.20. The molecule has 1 aliphatic heterocycles. The molecule has 0 spiro atoms. The highest BCUT2D eigenvalue weighted by Crippen LogP contribution is 2.38. The summed E-state index contributed by atoms with van der Waals surface area (Å²) in [4.78, 5) is 1.21. The molecular formula is C16H16BrNO2S. The molecule has 0 unspecified atom stereocenters. The van der Waals surface area contributed by atoms with Gasteiger partial charge in [0.2, 0.25) is 0 Å². The van der Waals surface area contributed by atoms with Crippen LogP contribution in [0.15, 0.2) is 39.7 Å². The maximum absolute atomic E-state index is 5.86. The van der Waals surface area contributed by atoms with Crippen molar-refractivity contribution in [3.8, 4) is 11.5 Å². The average Bonchev–Trinajstić information content (AvgIpc) is 2.48. The molecule has 0 amide bonds. The monoisotopic (exact) mass is 365 g/mol. The first-order chi connectivity index (χ1) is 10.1. The van der Waals surface area contributed by atoms with Crippen molar-refractivity contribution in [2.75, 3.05) is 18.9 Å². The van der Waals surface area contributed by atoms with E-state index in [1.165, 1.54) is 16.0 Å². The van der Waals surface area contributed by atoms with Gasteiger partial charge in [-0.15, -0.1) is 11.8 Å².